The summed E-state index contributed by atoms with van der Waals surface area (Å²) in [6.07, 6.45) is -1.47. The summed E-state index contributed by atoms with van der Waals surface area (Å²) < 4.78 is 83.6. The Hall–Kier alpha value is -1.71. The van der Waals surface area contributed by atoms with Gasteiger partial charge in [0.1, 0.15) is 6.17 Å². The van der Waals surface area contributed by atoms with Crippen molar-refractivity contribution < 1.29 is 31.1 Å². The van der Waals surface area contributed by atoms with Crippen LogP contribution >= 0.6 is 11.8 Å². The van der Waals surface area contributed by atoms with E-state index in [0.29, 0.717) is 73.9 Å². The molecule has 5 rings (SSSR count). The first-order chi connectivity index (χ1) is 20.8. The molecule has 0 aliphatic carbocycles. The van der Waals surface area contributed by atoms with E-state index in [1.54, 1.807) is 4.68 Å². The van der Waals surface area contributed by atoms with Gasteiger partial charge in [0.25, 0.3) is 0 Å². The molecule has 3 aliphatic heterocycles. The summed E-state index contributed by atoms with van der Waals surface area (Å²) in [6.45, 7) is 6.86. The van der Waals surface area contributed by atoms with Crippen molar-refractivity contribution in [2.24, 2.45) is 5.92 Å². The summed E-state index contributed by atoms with van der Waals surface area (Å²) in [7, 11) is -3.51. The largest absolute Gasteiger partial charge is 0.417 e. The van der Waals surface area contributed by atoms with Gasteiger partial charge in [-0.15, -0.1) is 11.8 Å². The standard InChI is InChI=1S/C30H43F4N5O3S2/c1-21-5-10-37(11-6-21)18-24(40)19-39-27-9-14-38(44(2,41)42)20-25(27)29(35-39)22-3-4-26(30(32,33)34)28(17-22)43-16-15-36-12-7-23(31)8-13-36/h3-4,17,21,23-24,40H,5-16,18-20H2,1-2H3/t24-/m0/s1. The van der Waals surface area contributed by atoms with E-state index < -0.39 is 34.0 Å². The lowest BCUT2D eigenvalue weighted by atomic mass is 9.99. The van der Waals surface area contributed by atoms with Crippen molar-refractivity contribution in [2.45, 2.75) is 75.5 Å². The molecule has 2 aromatic rings. The first-order valence-corrected chi connectivity index (χ1v) is 18.3. The first kappa shape index (κ1) is 33.6. The number of aliphatic hydroxyl groups is 1. The second kappa shape index (κ2) is 14.0. The van der Waals surface area contributed by atoms with E-state index >= 15 is 0 Å². The molecule has 14 heteroatoms. The van der Waals surface area contributed by atoms with Gasteiger partial charge in [0.2, 0.25) is 10.0 Å². The molecule has 44 heavy (non-hydrogen) atoms. The number of hydrogen-bond acceptors (Lipinski definition) is 7. The number of aliphatic hydroxyl groups excluding tert-OH is 1. The summed E-state index contributed by atoms with van der Waals surface area (Å²) in [5.41, 5.74) is 1.64. The van der Waals surface area contributed by atoms with E-state index in [-0.39, 0.29) is 24.5 Å². The minimum atomic E-state index is -4.55. The molecule has 2 fully saturated rings. The molecule has 246 valence electrons. The monoisotopic (exact) mass is 661 g/mol. The quantitative estimate of drug-likeness (QED) is 0.297. The normalized spacial score (nSPS) is 21.1. The first-order valence-electron chi connectivity index (χ1n) is 15.4. The molecule has 0 saturated carbocycles. The molecule has 3 aliphatic rings. The minimum Gasteiger partial charge on any atom is -0.390 e. The Morgan fingerprint density at radius 2 is 1.73 bits per heavy atom. The number of β-amino-alcohol motifs (C(OH)–C–C–N with tert-alkyl or cyclic N) is 1. The number of fused-ring (bicyclic) bond motifs is 1. The van der Waals surface area contributed by atoms with Crippen molar-refractivity contribution in [3.05, 3.63) is 35.0 Å². The van der Waals surface area contributed by atoms with Crippen molar-refractivity contribution in [1.29, 1.82) is 0 Å². The van der Waals surface area contributed by atoms with Gasteiger partial charge in [0.15, 0.2) is 0 Å². The number of halogens is 4. The zero-order valence-electron chi connectivity index (χ0n) is 25.4. The lowest BCUT2D eigenvalue weighted by molar-refractivity contribution is -0.139. The average molecular weight is 662 g/mol. The fourth-order valence-corrected chi connectivity index (χ4v) is 8.27. The molecule has 1 N–H and O–H groups in total. The molecule has 4 heterocycles. The van der Waals surface area contributed by atoms with Gasteiger partial charge in [-0.25, -0.2) is 12.8 Å². The van der Waals surface area contributed by atoms with Crippen LogP contribution in [0.3, 0.4) is 0 Å². The summed E-state index contributed by atoms with van der Waals surface area (Å²) in [5, 5.41) is 15.8. The van der Waals surface area contributed by atoms with E-state index in [1.165, 1.54) is 16.4 Å². The van der Waals surface area contributed by atoms with Crippen LogP contribution in [0.2, 0.25) is 0 Å². The molecule has 1 aromatic carbocycles. The van der Waals surface area contributed by atoms with Gasteiger partial charge in [0, 0.05) is 73.2 Å². The number of thioether (sulfide) groups is 1. The van der Waals surface area contributed by atoms with E-state index in [1.807, 2.05) is 0 Å². The topological polar surface area (TPSA) is 81.9 Å². The van der Waals surface area contributed by atoms with Crippen molar-refractivity contribution >= 4 is 21.8 Å². The Morgan fingerprint density at radius 1 is 1.05 bits per heavy atom. The van der Waals surface area contributed by atoms with Gasteiger partial charge in [-0.3, -0.25) is 4.68 Å². The van der Waals surface area contributed by atoms with Gasteiger partial charge in [-0.1, -0.05) is 13.0 Å². The Kier molecular flexibility index (Phi) is 10.7. The van der Waals surface area contributed by atoms with Crippen molar-refractivity contribution in [3.63, 3.8) is 0 Å². The molecule has 2 saturated heterocycles. The predicted molar refractivity (Wildman–Crippen MR) is 164 cm³/mol. The Balaban J connectivity index is 1.41. The zero-order valence-corrected chi connectivity index (χ0v) is 27.0. The fourth-order valence-electron chi connectivity index (χ4n) is 6.37. The van der Waals surface area contributed by atoms with Crippen LogP contribution in [-0.4, -0.2) is 108 Å². The number of alkyl halides is 4. The molecule has 0 unspecified atom stereocenters. The van der Waals surface area contributed by atoms with Crippen LogP contribution in [-0.2, 0) is 35.7 Å². The van der Waals surface area contributed by atoms with E-state index in [9.17, 15) is 31.1 Å². The van der Waals surface area contributed by atoms with Gasteiger partial charge in [-0.05, 0) is 56.8 Å². The molecule has 0 spiro atoms. The maximum absolute atomic E-state index is 14.0. The molecular formula is C30H43F4N5O3S2. The Morgan fingerprint density at radius 3 is 2.39 bits per heavy atom. The fraction of sp³-hybridized carbons (Fsp3) is 0.700. The number of hydrogen-bond donors (Lipinski definition) is 1. The summed E-state index contributed by atoms with van der Waals surface area (Å²) in [6, 6.07) is 3.97. The van der Waals surface area contributed by atoms with Crippen LogP contribution in [0, 0.1) is 5.92 Å². The number of sulfonamides is 1. The van der Waals surface area contributed by atoms with Gasteiger partial charge in [0.05, 0.1) is 30.2 Å². The molecule has 0 amide bonds. The maximum atomic E-state index is 14.0. The second-order valence-electron chi connectivity index (χ2n) is 12.5. The second-order valence-corrected chi connectivity index (χ2v) is 15.6. The highest BCUT2D eigenvalue weighted by molar-refractivity contribution is 7.99. The van der Waals surface area contributed by atoms with Crippen LogP contribution in [0.1, 0.15) is 49.4 Å². The highest BCUT2D eigenvalue weighted by Gasteiger charge is 2.35. The maximum Gasteiger partial charge on any atom is 0.417 e. The lowest BCUT2D eigenvalue weighted by Gasteiger charge is -2.32. The van der Waals surface area contributed by atoms with Crippen LogP contribution in [0.15, 0.2) is 23.1 Å². The number of rotatable bonds is 10. The molecule has 8 nitrogen and oxygen atoms in total. The predicted octanol–water partition coefficient (Wildman–Crippen LogP) is 4.51. The number of nitrogens with zero attached hydrogens (tertiary/aromatic N) is 5. The lowest BCUT2D eigenvalue weighted by Crippen LogP contribution is -2.40. The van der Waals surface area contributed by atoms with Gasteiger partial charge < -0.3 is 14.9 Å². The smallest absolute Gasteiger partial charge is 0.390 e. The van der Waals surface area contributed by atoms with Crippen LogP contribution in [0.5, 0.6) is 0 Å². The third kappa shape index (κ3) is 8.35. The van der Waals surface area contributed by atoms with Crippen LogP contribution in [0.4, 0.5) is 17.6 Å². The van der Waals surface area contributed by atoms with Crippen LogP contribution < -0.4 is 0 Å². The van der Waals surface area contributed by atoms with Crippen molar-refractivity contribution in [1.82, 2.24) is 23.9 Å². The molecule has 0 bridgehead atoms. The third-order valence-electron chi connectivity index (χ3n) is 9.04. The highest BCUT2D eigenvalue weighted by Crippen LogP contribution is 2.40. The highest BCUT2D eigenvalue weighted by atomic mass is 32.2. The Labute approximate surface area is 261 Å². The van der Waals surface area contributed by atoms with Crippen molar-refractivity contribution in [3.8, 4) is 11.3 Å². The molecule has 1 atom stereocenters. The number of benzene rings is 1. The number of piperidine rings is 2. The van der Waals surface area contributed by atoms with Gasteiger partial charge >= 0.3 is 6.18 Å². The number of likely N-dealkylation sites (tertiary alicyclic amines) is 2. The SMILES string of the molecule is CC1CCN(C[C@H](O)Cn2nc(-c3ccc(C(F)(F)F)c(SCCN4CCC(F)CC4)c3)c3c2CCN(S(C)(=O)=O)C3)CC1. The molecular weight excluding hydrogens is 618 g/mol. The van der Waals surface area contributed by atoms with Crippen molar-refractivity contribution in [2.75, 3.05) is 57.8 Å². The zero-order chi connectivity index (χ0) is 31.6. The van der Waals surface area contributed by atoms with E-state index in [2.05, 4.69) is 16.7 Å². The third-order valence-corrected chi connectivity index (χ3v) is 11.3. The molecule has 1 aromatic heterocycles. The Bertz CT molecular complexity index is 1390. The minimum absolute atomic E-state index is 0.0671. The molecule has 0 radical (unpaired) electrons. The van der Waals surface area contributed by atoms with Crippen LogP contribution in [0.25, 0.3) is 11.3 Å². The summed E-state index contributed by atoms with van der Waals surface area (Å²) in [4.78, 5) is 4.40. The summed E-state index contributed by atoms with van der Waals surface area (Å²) in [5.74, 6) is 1.09. The number of aromatic nitrogens is 2. The average Bonchev–Trinajstić information content (AvgIpc) is 3.31. The van der Waals surface area contributed by atoms with E-state index in [4.69, 9.17) is 5.10 Å². The van der Waals surface area contributed by atoms with E-state index in [0.717, 1.165) is 55.7 Å². The van der Waals surface area contributed by atoms with Gasteiger partial charge in [-0.2, -0.15) is 22.6 Å². The summed E-state index contributed by atoms with van der Waals surface area (Å²) >= 11 is 1.11.